The van der Waals surface area contributed by atoms with Crippen molar-refractivity contribution in [2.45, 2.75) is 13.3 Å². The van der Waals surface area contributed by atoms with Crippen LogP contribution in [0.15, 0.2) is 48.5 Å². The first kappa shape index (κ1) is 11.5. The van der Waals surface area contributed by atoms with Gasteiger partial charge in [0.25, 0.3) is 0 Å². The highest BCUT2D eigenvalue weighted by Gasteiger charge is 2.11. The predicted octanol–water partition coefficient (Wildman–Crippen LogP) is 3.40. The zero-order valence-electron chi connectivity index (χ0n) is 10.7. The molecule has 0 N–H and O–H groups in total. The van der Waals surface area contributed by atoms with Crippen LogP contribution in [-0.4, -0.2) is 9.78 Å². The molecule has 3 heteroatoms. The van der Waals surface area contributed by atoms with Gasteiger partial charge in [-0.05, 0) is 30.7 Å². The van der Waals surface area contributed by atoms with Crippen LogP contribution in [0.4, 0.5) is 0 Å². The highest BCUT2D eigenvalue weighted by molar-refractivity contribution is 5.82. The van der Waals surface area contributed by atoms with E-state index in [1.54, 1.807) is 0 Å². The second-order valence-corrected chi connectivity index (χ2v) is 4.55. The molecule has 1 aromatic heterocycles. The van der Waals surface area contributed by atoms with Gasteiger partial charge in [0.2, 0.25) is 0 Å². The summed E-state index contributed by atoms with van der Waals surface area (Å²) in [4.78, 5) is 0. The summed E-state index contributed by atoms with van der Waals surface area (Å²) in [5, 5.41) is 14.7. The first-order chi connectivity index (χ1) is 9.29. The molecule has 0 amide bonds. The van der Waals surface area contributed by atoms with Gasteiger partial charge in [-0.2, -0.15) is 10.4 Å². The molecule has 0 unspecified atom stereocenters. The molecule has 0 atom stereocenters. The van der Waals surface area contributed by atoms with Gasteiger partial charge < -0.3 is 0 Å². The van der Waals surface area contributed by atoms with Crippen molar-refractivity contribution < 1.29 is 0 Å². The maximum absolute atomic E-state index is 9.03. The molecule has 0 radical (unpaired) electrons. The molecule has 92 valence electrons. The topological polar surface area (TPSA) is 41.6 Å². The Kier molecular flexibility index (Phi) is 2.77. The summed E-state index contributed by atoms with van der Waals surface area (Å²) in [6.45, 7) is 2.05. The Morgan fingerprint density at radius 1 is 1.16 bits per heavy atom. The van der Waals surface area contributed by atoms with E-state index in [1.807, 2.05) is 41.1 Å². The molecule has 0 fully saturated rings. The van der Waals surface area contributed by atoms with Gasteiger partial charge in [-0.3, -0.25) is 0 Å². The maximum Gasteiger partial charge on any atom is 0.0931 e. The Balaban J connectivity index is 2.28. The van der Waals surface area contributed by atoms with Crippen molar-refractivity contribution in [3.8, 4) is 11.8 Å². The van der Waals surface area contributed by atoms with Crippen LogP contribution < -0.4 is 0 Å². The molecule has 0 saturated heterocycles. The highest BCUT2D eigenvalue weighted by Crippen LogP contribution is 2.22. The van der Waals surface area contributed by atoms with E-state index in [-0.39, 0.29) is 0 Å². The van der Waals surface area contributed by atoms with Crippen LogP contribution in [0.3, 0.4) is 0 Å². The van der Waals surface area contributed by atoms with Gasteiger partial charge in [-0.1, -0.05) is 30.3 Å². The number of nitrogens with zero attached hydrogens (tertiary/aromatic N) is 3. The molecule has 0 spiro atoms. The van der Waals surface area contributed by atoms with Gasteiger partial charge in [-0.25, -0.2) is 4.68 Å². The summed E-state index contributed by atoms with van der Waals surface area (Å²) in [7, 11) is 0. The lowest BCUT2D eigenvalue weighted by Gasteiger charge is -2.06. The minimum absolute atomic E-state index is 0.356. The van der Waals surface area contributed by atoms with E-state index in [1.165, 1.54) is 5.56 Å². The number of benzene rings is 2. The zero-order chi connectivity index (χ0) is 13.2. The number of rotatable bonds is 2. The molecule has 1 heterocycles. The second kappa shape index (κ2) is 4.58. The lowest BCUT2D eigenvalue weighted by atomic mass is 10.1. The number of hydrogen-bond donors (Lipinski definition) is 0. The molecule has 3 rings (SSSR count). The predicted molar refractivity (Wildman–Crippen MR) is 75.1 cm³/mol. The molecular formula is C16H13N3. The monoisotopic (exact) mass is 247 g/mol. The zero-order valence-corrected chi connectivity index (χ0v) is 10.7. The van der Waals surface area contributed by atoms with Gasteiger partial charge in [0, 0.05) is 5.39 Å². The molecule has 2 aromatic carbocycles. The van der Waals surface area contributed by atoms with E-state index in [2.05, 4.69) is 30.2 Å². The lowest BCUT2D eigenvalue weighted by Crippen LogP contribution is -2.01. The van der Waals surface area contributed by atoms with E-state index in [4.69, 9.17) is 5.26 Å². The summed E-state index contributed by atoms with van der Waals surface area (Å²) < 4.78 is 1.88. The smallest absolute Gasteiger partial charge is 0.0931 e. The Hall–Kier alpha value is -2.60. The molecule has 3 nitrogen and oxygen atoms in total. The van der Waals surface area contributed by atoms with E-state index in [0.29, 0.717) is 6.42 Å². The third-order valence-electron chi connectivity index (χ3n) is 3.17. The summed E-state index contributed by atoms with van der Waals surface area (Å²) >= 11 is 0. The Morgan fingerprint density at radius 2 is 2.00 bits per heavy atom. The van der Waals surface area contributed by atoms with E-state index in [9.17, 15) is 0 Å². The standard InChI is InChI=1S/C16H13N3/c1-12-5-4-6-13(11-12)19-16(9-10-17)14-7-2-3-8-15(14)18-19/h2-8,11H,9H2,1H3. The van der Waals surface area contributed by atoms with E-state index >= 15 is 0 Å². The summed E-state index contributed by atoms with van der Waals surface area (Å²) in [6, 6.07) is 18.3. The molecule has 19 heavy (non-hydrogen) atoms. The van der Waals surface area contributed by atoms with Gasteiger partial charge in [-0.15, -0.1) is 0 Å². The van der Waals surface area contributed by atoms with Crippen molar-refractivity contribution in [2.24, 2.45) is 0 Å². The van der Waals surface area contributed by atoms with Crippen molar-refractivity contribution in [3.63, 3.8) is 0 Å². The third kappa shape index (κ3) is 1.98. The summed E-state index contributed by atoms with van der Waals surface area (Å²) in [5.74, 6) is 0. The molecular weight excluding hydrogens is 234 g/mol. The lowest BCUT2D eigenvalue weighted by molar-refractivity contribution is 0.843. The number of hydrogen-bond acceptors (Lipinski definition) is 2. The maximum atomic E-state index is 9.03. The quantitative estimate of drug-likeness (QED) is 0.696. The van der Waals surface area contributed by atoms with Crippen LogP contribution in [-0.2, 0) is 6.42 Å². The molecule has 0 aliphatic carbocycles. The first-order valence-electron chi connectivity index (χ1n) is 6.20. The van der Waals surface area contributed by atoms with Gasteiger partial charge in [0.1, 0.15) is 0 Å². The SMILES string of the molecule is Cc1cccc(-n2nc3ccccc3c2CC#N)c1. The average Bonchev–Trinajstić information content (AvgIpc) is 2.79. The molecule has 0 aliphatic heterocycles. The minimum atomic E-state index is 0.356. The Morgan fingerprint density at radius 3 is 2.79 bits per heavy atom. The number of aromatic nitrogens is 2. The van der Waals surface area contributed by atoms with Crippen LogP contribution in [0.25, 0.3) is 16.6 Å². The number of aryl methyl sites for hydroxylation is 1. The molecule has 0 bridgehead atoms. The summed E-state index contributed by atoms with van der Waals surface area (Å²) in [6.07, 6.45) is 0.356. The van der Waals surface area contributed by atoms with Crippen LogP contribution in [0, 0.1) is 18.3 Å². The van der Waals surface area contributed by atoms with Crippen molar-refractivity contribution in [1.82, 2.24) is 9.78 Å². The molecule has 0 aliphatic rings. The Bertz CT molecular complexity index is 778. The fourth-order valence-electron chi connectivity index (χ4n) is 2.31. The van der Waals surface area contributed by atoms with E-state index < -0.39 is 0 Å². The fourth-order valence-corrected chi connectivity index (χ4v) is 2.31. The Labute approximate surface area is 111 Å². The van der Waals surface area contributed by atoms with Gasteiger partial charge in [0.15, 0.2) is 0 Å². The van der Waals surface area contributed by atoms with E-state index in [0.717, 1.165) is 22.3 Å². The fraction of sp³-hybridized carbons (Fsp3) is 0.125. The largest absolute Gasteiger partial charge is 0.236 e. The molecule has 3 aromatic rings. The summed E-state index contributed by atoms with van der Waals surface area (Å²) in [5.41, 5.74) is 4.05. The van der Waals surface area contributed by atoms with Crippen LogP contribution in [0.2, 0.25) is 0 Å². The molecule has 0 saturated carbocycles. The average molecular weight is 247 g/mol. The van der Waals surface area contributed by atoms with Gasteiger partial charge in [0.05, 0.1) is 29.4 Å². The third-order valence-corrected chi connectivity index (χ3v) is 3.17. The number of fused-ring (bicyclic) bond motifs is 1. The van der Waals surface area contributed by atoms with Crippen molar-refractivity contribution in [2.75, 3.05) is 0 Å². The van der Waals surface area contributed by atoms with Crippen molar-refractivity contribution >= 4 is 10.9 Å². The number of nitriles is 1. The van der Waals surface area contributed by atoms with Crippen molar-refractivity contribution in [3.05, 3.63) is 59.8 Å². The van der Waals surface area contributed by atoms with Gasteiger partial charge >= 0.3 is 0 Å². The first-order valence-corrected chi connectivity index (χ1v) is 6.20. The highest BCUT2D eigenvalue weighted by atomic mass is 15.3. The van der Waals surface area contributed by atoms with Crippen LogP contribution in [0.5, 0.6) is 0 Å². The minimum Gasteiger partial charge on any atom is -0.236 e. The normalized spacial score (nSPS) is 10.5. The van der Waals surface area contributed by atoms with Crippen LogP contribution >= 0.6 is 0 Å². The van der Waals surface area contributed by atoms with Crippen LogP contribution in [0.1, 0.15) is 11.3 Å². The van der Waals surface area contributed by atoms with Crippen molar-refractivity contribution in [1.29, 1.82) is 5.26 Å². The second-order valence-electron chi connectivity index (χ2n) is 4.55.